The highest BCUT2D eigenvalue weighted by Crippen LogP contribution is 2.26. The van der Waals surface area contributed by atoms with Crippen LogP contribution in [0.2, 0.25) is 0 Å². The van der Waals surface area contributed by atoms with Crippen molar-refractivity contribution in [3.8, 4) is 0 Å². The quantitative estimate of drug-likeness (QED) is 0.652. The molecule has 0 aromatic rings. The molecule has 0 bridgehead atoms. The van der Waals surface area contributed by atoms with E-state index >= 15 is 0 Å². The number of hydrogen-bond donors (Lipinski definition) is 1. The van der Waals surface area contributed by atoms with Crippen LogP contribution in [0.15, 0.2) is 0 Å². The summed E-state index contributed by atoms with van der Waals surface area (Å²) in [7, 11) is 4.33. The van der Waals surface area contributed by atoms with Gasteiger partial charge in [-0.05, 0) is 38.3 Å². The summed E-state index contributed by atoms with van der Waals surface area (Å²) in [6.07, 6.45) is 3.80. The van der Waals surface area contributed by atoms with Crippen molar-refractivity contribution in [3.63, 3.8) is 0 Å². The monoisotopic (exact) mass is 228 g/mol. The summed E-state index contributed by atoms with van der Waals surface area (Å²) in [6.45, 7) is 12.8. The molecule has 0 aliphatic rings. The second-order valence-corrected chi connectivity index (χ2v) is 5.45. The highest BCUT2D eigenvalue weighted by molar-refractivity contribution is 4.81. The van der Waals surface area contributed by atoms with E-state index < -0.39 is 0 Å². The normalized spacial score (nSPS) is 14.4. The Morgan fingerprint density at radius 3 is 2.12 bits per heavy atom. The molecule has 2 nitrogen and oxygen atoms in total. The minimum absolute atomic E-state index is 0.455. The second-order valence-electron chi connectivity index (χ2n) is 5.45. The van der Waals surface area contributed by atoms with Crippen molar-refractivity contribution in [1.29, 1.82) is 0 Å². The van der Waals surface area contributed by atoms with Crippen molar-refractivity contribution >= 4 is 0 Å². The van der Waals surface area contributed by atoms with Crippen molar-refractivity contribution in [3.05, 3.63) is 0 Å². The zero-order chi connectivity index (χ0) is 12.6. The van der Waals surface area contributed by atoms with Crippen molar-refractivity contribution < 1.29 is 0 Å². The van der Waals surface area contributed by atoms with Crippen molar-refractivity contribution in [1.82, 2.24) is 10.2 Å². The highest BCUT2D eigenvalue weighted by Gasteiger charge is 2.27. The molecule has 0 amide bonds. The summed E-state index contributed by atoms with van der Waals surface area (Å²) in [5.74, 6) is 0.811. The third-order valence-corrected chi connectivity index (χ3v) is 3.98. The van der Waals surface area contributed by atoms with E-state index in [9.17, 15) is 0 Å². The van der Waals surface area contributed by atoms with Crippen LogP contribution in [0.3, 0.4) is 0 Å². The molecule has 1 atom stereocenters. The molecule has 0 aliphatic carbocycles. The molecule has 0 radical (unpaired) electrons. The van der Waals surface area contributed by atoms with E-state index in [1.807, 2.05) is 0 Å². The van der Waals surface area contributed by atoms with Crippen molar-refractivity contribution in [2.75, 3.05) is 33.7 Å². The Morgan fingerprint density at radius 2 is 1.75 bits per heavy atom. The SMILES string of the molecule is CCC(C)CN(C)CC(CC)(CC)CNC. The first-order valence-electron chi connectivity index (χ1n) is 6.86. The Hall–Kier alpha value is -0.0800. The summed E-state index contributed by atoms with van der Waals surface area (Å²) in [4.78, 5) is 2.51. The van der Waals surface area contributed by atoms with Crippen LogP contribution in [0.5, 0.6) is 0 Å². The van der Waals surface area contributed by atoms with Crippen LogP contribution in [0.1, 0.15) is 47.0 Å². The number of hydrogen-bond acceptors (Lipinski definition) is 2. The van der Waals surface area contributed by atoms with E-state index in [0.29, 0.717) is 5.41 Å². The Labute approximate surface area is 103 Å². The molecule has 16 heavy (non-hydrogen) atoms. The minimum Gasteiger partial charge on any atom is -0.319 e. The molecule has 0 rings (SSSR count). The zero-order valence-corrected chi connectivity index (χ0v) is 12.3. The van der Waals surface area contributed by atoms with Gasteiger partial charge in [-0.3, -0.25) is 0 Å². The Bertz CT molecular complexity index is 164. The first-order chi connectivity index (χ1) is 7.53. The lowest BCUT2D eigenvalue weighted by molar-refractivity contribution is 0.145. The van der Waals surface area contributed by atoms with Gasteiger partial charge in [-0.1, -0.05) is 34.1 Å². The van der Waals surface area contributed by atoms with E-state index in [1.165, 1.54) is 32.4 Å². The van der Waals surface area contributed by atoms with Crippen LogP contribution in [-0.2, 0) is 0 Å². The topological polar surface area (TPSA) is 15.3 Å². The van der Waals surface area contributed by atoms with Gasteiger partial charge < -0.3 is 10.2 Å². The maximum atomic E-state index is 3.36. The molecule has 0 saturated heterocycles. The molecule has 0 heterocycles. The van der Waals surface area contributed by atoms with Gasteiger partial charge >= 0.3 is 0 Å². The molecule has 0 fully saturated rings. The molecular weight excluding hydrogens is 196 g/mol. The Balaban J connectivity index is 4.26. The smallest absolute Gasteiger partial charge is 0.00470 e. The van der Waals surface area contributed by atoms with Crippen molar-refractivity contribution in [2.24, 2.45) is 11.3 Å². The molecule has 2 heteroatoms. The zero-order valence-electron chi connectivity index (χ0n) is 12.3. The predicted molar refractivity (Wildman–Crippen MR) is 73.9 cm³/mol. The number of nitrogens with one attached hydrogen (secondary N) is 1. The summed E-state index contributed by atoms with van der Waals surface area (Å²) in [5, 5.41) is 3.36. The number of nitrogens with zero attached hydrogens (tertiary/aromatic N) is 1. The van der Waals surface area contributed by atoms with Crippen LogP contribution < -0.4 is 5.32 Å². The molecular formula is C14H32N2. The molecule has 98 valence electrons. The fourth-order valence-electron chi connectivity index (χ4n) is 2.45. The maximum Gasteiger partial charge on any atom is 0.00470 e. The summed E-state index contributed by atoms with van der Waals surface area (Å²) in [6, 6.07) is 0. The Morgan fingerprint density at radius 1 is 1.19 bits per heavy atom. The first-order valence-corrected chi connectivity index (χ1v) is 6.86. The van der Waals surface area contributed by atoms with Gasteiger partial charge in [-0.15, -0.1) is 0 Å². The first kappa shape index (κ1) is 15.9. The van der Waals surface area contributed by atoms with Crippen LogP contribution in [0, 0.1) is 11.3 Å². The molecule has 0 saturated carbocycles. The van der Waals surface area contributed by atoms with Crippen LogP contribution in [0.25, 0.3) is 0 Å². The molecule has 0 aromatic carbocycles. The van der Waals surface area contributed by atoms with E-state index in [4.69, 9.17) is 0 Å². The van der Waals surface area contributed by atoms with Gasteiger partial charge in [0.15, 0.2) is 0 Å². The lowest BCUT2D eigenvalue weighted by atomic mass is 9.81. The molecule has 1 unspecified atom stereocenters. The molecule has 0 aliphatic heterocycles. The van der Waals surface area contributed by atoms with Gasteiger partial charge in [0, 0.05) is 19.6 Å². The lowest BCUT2D eigenvalue weighted by Gasteiger charge is -2.36. The van der Waals surface area contributed by atoms with Crippen molar-refractivity contribution in [2.45, 2.75) is 47.0 Å². The van der Waals surface area contributed by atoms with E-state index in [-0.39, 0.29) is 0 Å². The van der Waals surface area contributed by atoms with Crippen LogP contribution in [-0.4, -0.2) is 38.6 Å². The summed E-state index contributed by atoms with van der Waals surface area (Å²) < 4.78 is 0. The third-order valence-electron chi connectivity index (χ3n) is 3.98. The second kappa shape index (κ2) is 8.08. The largest absolute Gasteiger partial charge is 0.319 e. The van der Waals surface area contributed by atoms with Gasteiger partial charge in [-0.25, -0.2) is 0 Å². The summed E-state index contributed by atoms with van der Waals surface area (Å²) >= 11 is 0. The molecule has 0 aromatic heterocycles. The van der Waals surface area contributed by atoms with Crippen LogP contribution >= 0.6 is 0 Å². The molecule has 1 N–H and O–H groups in total. The molecule has 0 spiro atoms. The van der Waals surface area contributed by atoms with E-state index in [1.54, 1.807) is 0 Å². The van der Waals surface area contributed by atoms with Crippen LogP contribution in [0.4, 0.5) is 0 Å². The predicted octanol–water partition coefficient (Wildman–Crippen LogP) is 2.99. The highest BCUT2D eigenvalue weighted by atomic mass is 15.1. The van der Waals surface area contributed by atoms with Gasteiger partial charge in [-0.2, -0.15) is 0 Å². The van der Waals surface area contributed by atoms with Gasteiger partial charge in [0.05, 0.1) is 0 Å². The fraction of sp³-hybridized carbons (Fsp3) is 1.00. The lowest BCUT2D eigenvalue weighted by Crippen LogP contribution is -2.42. The minimum atomic E-state index is 0.455. The standard InChI is InChI=1S/C14H32N2/c1-7-13(4)10-16(6)12-14(8-2,9-3)11-15-5/h13,15H,7-12H2,1-6H3. The fourth-order valence-corrected chi connectivity index (χ4v) is 2.45. The Kier molecular flexibility index (Phi) is 8.04. The number of rotatable bonds is 9. The summed E-state index contributed by atoms with van der Waals surface area (Å²) in [5.41, 5.74) is 0.455. The van der Waals surface area contributed by atoms with Gasteiger partial charge in [0.2, 0.25) is 0 Å². The van der Waals surface area contributed by atoms with Gasteiger partial charge in [0.1, 0.15) is 0 Å². The third kappa shape index (κ3) is 5.31. The van der Waals surface area contributed by atoms with E-state index in [0.717, 1.165) is 12.5 Å². The average molecular weight is 228 g/mol. The van der Waals surface area contributed by atoms with E-state index in [2.05, 4.69) is 52.0 Å². The maximum absolute atomic E-state index is 3.36. The van der Waals surface area contributed by atoms with Gasteiger partial charge in [0.25, 0.3) is 0 Å². The average Bonchev–Trinajstić information content (AvgIpc) is 2.28.